The van der Waals surface area contributed by atoms with Crippen molar-refractivity contribution in [2.75, 3.05) is 13.2 Å². The molecule has 0 aliphatic carbocycles. The molecule has 0 aromatic heterocycles. The Morgan fingerprint density at radius 2 is 2.31 bits per heavy atom. The van der Waals surface area contributed by atoms with Crippen molar-refractivity contribution in [1.82, 2.24) is 4.90 Å². The highest BCUT2D eigenvalue weighted by Gasteiger charge is 2.10. The summed E-state index contributed by atoms with van der Waals surface area (Å²) in [7, 11) is 0. The van der Waals surface area contributed by atoms with Crippen molar-refractivity contribution < 1.29 is 14.3 Å². The van der Waals surface area contributed by atoms with E-state index in [4.69, 9.17) is 5.11 Å². The van der Waals surface area contributed by atoms with Crippen LogP contribution in [0.2, 0.25) is 0 Å². The first-order valence-electron chi connectivity index (χ1n) is 4.94. The highest BCUT2D eigenvalue weighted by molar-refractivity contribution is 5.86. The largest absolute Gasteiger partial charge is 0.395 e. The second kappa shape index (κ2) is 6.02. The van der Waals surface area contributed by atoms with Gasteiger partial charge in [0.1, 0.15) is 5.82 Å². The maximum atomic E-state index is 12.9. The van der Waals surface area contributed by atoms with Crippen molar-refractivity contribution in [3.8, 4) is 0 Å². The fraction of sp³-hybridized carbons (Fsp3) is 0.250. The summed E-state index contributed by atoms with van der Waals surface area (Å²) in [5.41, 5.74) is 0.684. The number of nitrogens with zero attached hydrogens (tertiary/aromatic N) is 1. The van der Waals surface area contributed by atoms with Crippen LogP contribution in [0.1, 0.15) is 5.56 Å². The molecule has 0 spiro atoms. The molecule has 1 amide bonds. The van der Waals surface area contributed by atoms with Crippen LogP contribution in [0.15, 0.2) is 36.9 Å². The average Bonchev–Trinajstić information content (AvgIpc) is 2.27. The number of hydrogen-bond donors (Lipinski definition) is 1. The van der Waals surface area contributed by atoms with E-state index in [-0.39, 0.29) is 31.4 Å². The number of hydrogen-bond acceptors (Lipinski definition) is 2. The molecule has 16 heavy (non-hydrogen) atoms. The number of carbonyl (C=O) groups is 1. The van der Waals surface area contributed by atoms with Gasteiger partial charge in [0.25, 0.3) is 0 Å². The van der Waals surface area contributed by atoms with E-state index in [1.807, 2.05) is 0 Å². The lowest BCUT2D eigenvalue weighted by atomic mass is 10.2. The number of aliphatic hydroxyl groups is 1. The van der Waals surface area contributed by atoms with Crippen LogP contribution < -0.4 is 0 Å². The summed E-state index contributed by atoms with van der Waals surface area (Å²) < 4.78 is 12.9. The van der Waals surface area contributed by atoms with Gasteiger partial charge in [0, 0.05) is 13.1 Å². The number of carbonyl (C=O) groups excluding carboxylic acids is 1. The molecule has 0 radical (unpaired) electrons. The van der Waals surface area contributed by atoms with Gasteiger partial charge in [-0.05, 0) is 23.8 Å². The molecule has 1 N–H and O–H groups in total. The highest BCUT2D eigenvalue weighted by Crippen LogP contribution is 2.07. The lowest BCUT2D eigenvalue weighted by molar-refractivity contribution is -0.127. The Morgan fingerprint density at radius 1 is 1.56 bits per heavy atom. The van der Waals surface area contributed by atoms with Gasteiger partial charge in [0.2, 0.25) is 5.91 Å². The SMILES string of the molecule is C=CC(=O)N(CCO)Cc1cccc(F)c1. The Hall–Kier alpha value is -1.68. The molecule has 0 saturated heterocycles. The van der Waals surface area contributed by atoms with E-state index in [1.54, 1.807) is 12.1 Å². The monoisotopic (exact) mass is 223 g/mol. The normalized spacial score (nSPS) is 9.88. The molecule has 0 saturated carbocycles. The van der Waals surface area contributed by atoms with E-state index in [0.717, 1.165) is 0 Å². The molecule has 0 unspecified atom stereocenters. The second-order valence-electron chi connectivity index (χ2n) is 3.32. The minimum Gasteiger partial charge on any atom is -0.395 e. The van der Waals surface area contributed by atoms with Gasteiger partial charge >= 0.3 is 0 Å². The van der Waals surface area contributed by atoms with E-state index in [0.29, 0.717) is 5.56 Å². The summed E-state index contributed by atoms with van der Waals surface area (Å²) in [5.74, 6) is -0.620. The molecule has 86 valence electrons. The predicted octanol–water partition coefficient (Wildman–Crippen LogP) is 1.33. The maximum absolute atomic E-state index is 12.9. The van der Waals surface area contributed by atoms with Gasteiger partial charge in [-0.2, -0.15) is 0 Å². The predicted molar refractivity (Wildman–Crippen MR) is 59.1 cm³/mol. The fourth-order valence-electron chi connectivity index (χ4n) is 1.37. The van der Waals surface area contributed by atoms with Gasteiger partial charge in [-0.25, -0.2) is 4.39 Å². The van der Waals surface area contributed by atoms with Crippen molar-refractivity contribution in [1.29, 1.82) is 0 Å². The molecule has 0 fully saturated rings. The first kappa shape index (κ1) is 12.4. The molecule has 1 rings (SSSR count). The van der Waals surface area contributed by atoms with Crippen molar-refractivity contribution in [3.63, 3.8) is 0 Å². The summed E-state index contributed by atoms with van der Waals surface area (Å²) in [6.45, 7) is 3.72. The second-order valence-corrected chi connectivity index (χ2v) is 3.32. The molecular weight excluding hydrogens is 209 g/mol. The molecule has 1 aromatic rings. The Morgan fingerprint density at radius 3 is 2.88 bits per heavy atom. The molecule has 3 nitrogen and oxygen atoms in total. The van der Waals surface area contributed by atoms with Crippen molar-refractivity contribution in [2.45, 2.75) is 6.54 Å². The van der Waals surface area contributed by atoms with Crippen molar-refractivity contribution in [2.24, 2.45) is 0 Å². The third-order valence-corrected chi connectivity index (χ3v) is 2.12. The molecule has 0 bridgehead atoms. The van der Waals surface area contributed by atoms with Crippen LogP contribution in [0.25, 0.3) is 0 Å². The van der Waals surface area contributed by atoms with Crippen LogP contribution in [-0.2, 0) is 11.3 Å². The third-order valence-electron chi connectivity index (χ3n) is 2.12. The lowest BCUT2D eigenvalue weighted by Crippen LogP contribution is -2.31. The fourth-order valence-corrected chi connectivity index (χ4v) is 1.37. The van der Waals surface area contributed by atoms with Gasteiger partial charge in [0.05, 0.1) is 6.61 Å². The van der Waals surface area contributed by atoms with E-state index >= 15 is 0 Å². The maximum Gasteiger partial charge on any atom is 0.246 e. The van der Waals surface area contributed by atoms with E-state index < -0.39 is 0 Å². The van der Waals surface area contributed by atoms with E-state index in [1.165, 1.54) is 23.1 Å². The molecule has 0 atom stereocenters. The lowest BCUT2D eigenvalue weighted by Gasteiger charge is -2.20. The number of amides is 1. The molecule has 0 heterocycles. The van der Waals surface area contributed by atoms with Gasteiger partial charge in [0.15, 0.2) is 0 Å². The van der Waals surface area contributed by atoms with E-state index in [2.05, 4.69) is 6.58 Å². The van der Waals surface area contributed by atoms with Gasteiger partial charge in [-0.3, -0.25) is 4.79 Å². The minimum absolute atomic E-state index is 0.130. The van der Waals surface area contributed by atoms with Gasteiger partial charge in [-0.15, -0.1) is 0 Å². The summed E-state index contributed by atoms with van der Waals surface area (Å²) in [4.78, 5) is 12.8. The summed E-state index contributed by atoms with van der Waals surface area (Å²) in [6, 6.07) is 6.01. The summed E-state index contributed by atoms with van der Waals surface area (Å²) in [6.07, 6.45) is 1.18. The van der Waals surface area contributed by atoms with Crippen LogP contribution in [0, 0.1) is 5.82 Å². The topological polar surface area (TPSA) is 40.5 Å². The van der Waals surface area contributed by atoms with Crippen molar-refractivity contribution in [3.05, 3.63) is 48.3 Å². The first-order chi connectivity index (χ1) is 7.67. The Bertz CT molecular complexity index is 379. The average molecular weight is 223 g/mol. The molecule has 1 aromatic carbocycles. The summed E-state index contributed by atoms with van der Waals surface area (Å²) in [5, 5.41) is 8.81. The molecule has 4 heteroatoms. The molecule has 0 aliphatic rings. The first-order valence-corrected chi connectivity index (χ1v) is 4.94. The summed E-state index contributed by atoms with van der Waals surface area (Å²) >= 11 is 0. The zero-order chi connectivity index (χ0) is 12.0. The van der Waals surface area contributed by atoms with Crippen LogP contribution in [0.5, 0.6) is 0 Å². The number of halogens is 1. The zero-order valence-corrected chi connectivity index (χ0v) is 8.90. The molecule has 0 aliphatic heterocycles. The zero-order valence-electron chi connectivity index (χ0n) is 8.90. The number of benzene rings is 1. The smallest absolute Gasteiger partial charge is 0.246 e. The van der Waals surface area contributed by atoms with Crippen LogP contribution in [0.4, 0.5) is 4.39 Å². The number of aliphatic hydroxyl groups excluding tert-OH is 1. The number of rotatable bonds is 5. The Balaban J connectivity index is 2.75. The van der Waals surface area contributed by atoms with Crippen LogP contribution >= 0.6 is 0 Å². The Labute approximate surface area is 93.8 Å². The third kappa shape index (κ3) is 3.47. The van der Waals surface area contributed by atoms with E-state index in [9.17, 15) is 9.18 Å². The molecular formula is C12H14FNO2. The quantitative estimate of drug-likeness (QED) is 0.765. The van der Waals surface area contributed by atoms with Gasteiger partial charge in [-0.1, -0.05) is 18.7 Å². The standard InChI is InChI=1S/C12H14FNO2/c1-2-12(16)14(6-7-15)9-10-4-3-5-11(13)8-10/h2-5,8,15H,1,6-7,9H2. The minimum atomic E-state index is -0.340. The highest BCUT2D eigenvalue weighted by atomic mass is 19.1. The Kier molecular flexibility index (Phi) is 4.66. The van der Waals surface area contributed by atoms with Crippen molar-refractivity contribution >= 4 is 5.91 Å². The van der Waals surface area contributed by atoms with Crippen LogP contribution in [-0.4, -0.2) is 29.1 Å². The van der Waals surface area contributed by atoms with Crippen LogP contribution in [0.3, 0.4) is 0 Å². The van der Waals surface area contributed by atoms with Gasteiger partial charge < -0.3 is 10.0 Å².